The molecule has 1 atom stereocenters. The zero-order valence-corrected chi connectivity index (χ0v) is 28.2. The van der Waals surface area contributed by atoms with Crippen molar-refractivity contribution in [1.29, 1.82) is 0 Å². The number of hydrogen-bond acceptors (Lipinski definition) is 6. The van der Waals surface area contributed by atoms with Crippen LogP contribution in [-0.4, -0.2) is 30.5 Å². The van der Waals surface area contributed by atoms with Crippen LogP contribution in [0.1, 0.15) is 114 Å². The molecule has 0 saturated carbocycles. The van der Waals surface area contributed by atoms with Crippen molar-refractivity contribution in [2.24, 2.45) is 0 Å². The largest absolute Gasteiger partial charge is 0.445 e. The number of hydrogen-bond donors (Lipinski definition) is 3. The van der Waals surface area contributed by atoms with E-state index in [-0.39, 0.29) is 12.5 Å². The number of alkyl carbamates (subject to hydrolysis) is 1. The highest BCUT2D eigenvalue weighted by Gasteiger charge is 2.22. The van der Waals surface area contributed by atoms with Crippen molar-refractivity contribution in [3.8, 4) is 0 Å². The van der Waals surface area contributed by atoms with Crippen LogP contribution in [0.3, 0.4) is 0 Å². The van der Waals surface area contributed by atoms with Gasteiger partial charge in [-0.25, -0.2) is 9.59 Å². The fraction of sp³-hybridized carbons (Fsp3) is 0.526. The van der Waals surface area contributed by atoms with Gasteiger partial charge in [0.15, 0.2) is 0 Å². The van der Waals surface area contributed by atoms with Crippen molar-refractivity contribution in [3.05, 3.63) is 76.1 Å². The van der Waals surface area contributed by atoms with Gasteiger partial charge in [0, 0.05) is 36.2 Å². The first-order chi connectivity index (χ1) is 22.9. The molecule has 1 heterocycles. The quantitative estimate of drug-likeness (QED) is 0.0744. The van der Waals surface area contributed by atoms with Crippen LogP contribution in [0.2, 0.25) is 0 Å². The first kappa shape index (κ1) is 37.3. The highest BCUT2D eigenvalue weighted by Crippen LogP contribution is 2.21. The van der Waals surface area contributed by atoms with Gasteiger partial charge in [-0.1, -0.05) is 101 Å². The Balaban J connectivity index is 1.40. The van der Waals surface area contributed by atoms with E-state index in [0.29, 0.717) is 43.5 Å². The van der Waals surface area contributed by atoms with E-state index < -0.39 is 23.7 Å². The van der Waals surface area contributed by atoms with Crippen LogP contribution in [0, 0.1) is 6.92 Å². The van der Waals surface area contributed by atoms with E-state index in [1.807, 2.05) is 37.3 Å². The third kappa shape index (κ3) is 14.9. The zero-order valence-electron chi connectivity index (χ0n) is 28.2. The number of fused-ring (bicyclic) bond motifs is 1. The van der Waals surface area contributed by atoms with Gasteiger partial charge in [-0.2, -0.15) is 0 Å². The summed E-state index contributed by atoms with van der Waals surface area (Å²) in [5.74, 6) is -0.368. The van der Waals surface area contributed by atoms with Gasteiger partial charge in [0.2, 0.25) is 11.8 Å². The fourth-order valence-electron chi connectivity index (χ4n) is 5.55. The summed E-state index contributed by atoms with van der Waals surface area (Å²) < 4.78 is 10.7. The molecule has 2 aromatic carbocycles. The van der Waals surface area contributed by atoms with Crippen LogP contribution < -0.4 is 21.6 Å². The predicted octanol–water partition coefficient (Wildman–Crippen LogP) is 8.32. The summed E-state index contributed by atoms with van der Waals surface area (Å²) in [7, 11) is 0. The molecule has 3 N–H and O–H groups in total. The number of carbonyl (C=O) groups excluding carboxylic acids is 3. The Morgan fingerprint density at radius 3 is 2.19 bits per heavy atom. The van der Waals surface area contributed by atoms with E-state index in [1.54, 1.807) is 18.2 Å². The van der Waals surface area contributed by atoms with E-state index in [0.717, 1.165) is 29.4 Å². The molecule has 1 aromatic heterocycles. The number of unbranched alkanes of at least 4 members (excludes halogenated alkanes) is 11. The molecule has 47 heavy (non-hydrogen) atoms. The lowest BCUT2D eigenvalue weighted by molar-refractivity contribution is -0.121. The Labute approximate surface area is 279 Å². The van der Waals surface area contributed by atoms with Gasteiger partial charge in [-0.05, 0) is 55.9 Å². The molecule has 9 heteroatoms. The maximum atomic E-state index is 13.3. The molecule has 3 amide bonds. The Morgan fingerprint density at radius 1 is 0.809 bits per heavy atom. The van der Waals surface area contributed by atoms with E-state index >= 15 is 0 Å². The molecule has 3 rings (SSSR count). The summed E-state index contributed by atoms with van der Waals surface area (Å²) in [6.07, 6.45) is 15.1. The summed E-state index contributed by atoms with van der Waals surface area (Å²) in [4.78, 5) is 50.1. The van der Waals surface area contributed by atoms with Crippen molar-refractivity contribution in [3.63, 3.8) is 0 Å². The van der Waals surface area contributed by atoms with Gasteiger partial charge >= 0.3 is 11.7 Å². The number of aryl methyl sites for hydroxylation is 1. The summed E-state index contributed by atoms with van der Waals surface area (Å²) in [6, 6.07) is 14.9. The van der Waals surface area contributed by atoms with Crippen molar-refractivity contribution < 1.29 is 23.5 Å². The van der Waals surface area contributed by atoms with Crippen LogP contribution in [0.5, 0.6) is 0 Å². The molecule has 0 fully saturated rings. The number of amides is 3. The van der Waals surface area contributed by atoms with E-state index in [9.17, 15) is 19.2 Å². The van der Waals surface area contributed by atoms with Crippen LogP contribution in [0.15, 0.2) is 63.8 Å². The number of rotatable bonds is 22. The number of nitrogens with one attached hydrogen (secondary N) is 3. The SMILES string of the molecule is CCCCCCCCCCCCCC(=O)NCCCC[C@H](NC(=O)OCc1ccccc1)C(=O)Nc1ccc2c(C)cc(=O)oc2c1. The summed E-state index contributed by atoms with van der Waals surface area (Å²) >= 11 is 0. The maximum absolute atomic E-state index is 13.3. The molecule has 0 aliphatic rings. The molecule has 0 radical (unpaired) electrons. The Bertz CT molecular complexity index is 1440. The number of anilines is 1. The van der Waals surface area contributed by atoms with Crippen LogP contribution in [0.25, 0.3) is 11.0 Å². The van der Waals surface area contributed by atoms with Gasteiger partial charge in [0.1, 0.15) is 18.2 Å². The molecule has 0 saturated heterocycles. The minimum Gasteiger partial charge on any atom is -0.445 e. The van der Waals surface area contributed by atoms with E-state index in [4.69, 9.17) is 9.15 Å². The Kier molecular flexibility index (Phi) is 17.2. The third-order valence-electron chi connectivity index (χ3n) is 8.29. The van der Waals surface area contributed by atoms with Crippen molar-refractivity contribution >= 4 is 34.6 Å². The molecule has 9 nitrogen and oxygen atoms in total. The van der Waals surface area contributed by atoms with E-state index in [1.165, 1.54) is 63.9 Å². The van der Waals surface area contributed by atoms with Crippen LogP contribution in [-0.2, 0) is 20.9 Å². The topological polar surface area (TPSA) is 127 Å². The average molecular weight is 648 g/mol. The molecule has 3 aromatic rings. The minimum absolute atomic E-state index is 0.0519. The highest BCUT2D eigenvalue weighted by molar-refractivity contribution is 5.98. The molecule has 0 aliphatic heterocycles. The second-order valence-corrected chi connectivity index (χ2v) is 12.3. The molecule has 0 aliphatic carbocycles. The summed E-state index contributed by atoms with van der Waals surface area (Å²) in [5, 5.41) is 9.27. The lowest BCUT2D eigenvalue weighted by atomic mass is 10.1. The summed E-state index contributed by atoms with van der Waals surface area (Å²) in [6.45, 7) is 4.65. The number of ether oxygens (including phenoxy) is 1. The standard InChI is InChI=1S/C38H53N3O6/c1-3-4-5-6-7-8-9-10-11-12-16-22-35(42)39-25-18-17-21-33(41-38(45)46-28-30-19-14-13-15-20-30)37(44)40-31-23-24-32-29(2)26-36(43)47-34(32)27-31/h13-15,19-20,23-24,26-27,33H,3-12,16-18,21-22,25,28H2,1-2H3,(H,39,42)(H,40,44)(H,41,45)/t33-/m0/s1. The molecular formula is C38H53N3O6. The van der Waals surface area contributed by atoms with Gasteiger partial charge in [-0.3, -0.25) is 9.59 Å². The lowest BCUT2D eigenvalue weighted by Gasteiger charge is -2.19. The van der Waals surface area contributed by atoms with Gasteiger partial charge in [0.25, 0.3) is 0 Å². The molecule has 0 bridgehead atoms. The van der Waals surface area contributed by atoms with Crippen LogP contribution in [0.4, 0.5) is 10.5 Å². The Morgan fingerprint density at radius 2 is 1.49 bits per heavy atom. The first-order valence-corrected chi connectivity index (χ1v) is 17.4. The predicted molar refractivity (Wildman–Crippen MR) is 187 cm³/mol. The molecule has 256 valence electrons. The summed E-state index contributed by atoms with van der Waals surface area (Å²) in [5.41, 5.74) is 1.95. The van der Waals surface area contributed by atoms with Crippen molar-refractivity contribution in [2.75, 3.05) is 11.9 Å². The monoisotopic (exact) mass is 647 g/mol. The highest BCUT2D eigenvalue weighted by atomic mass is 16.5. The number of benzene rings is 2. The molecular weight excluding hydrogens is 594 g/mol. The van der Waals surface area contributed by atoms with Crippen molar-refractivity contribution in [2.45, 2.75) is 123 Å². The smallest absolute Gasteiger partial charge is 0.408 e. The first-order valence-electron chi connectivity index (χ1n) is 17.4. The zero-order chi connectivity index (χ0) is 33.7. The van der Waals surface area contributed by atoms with Crippen molar-refractivity contribution in [1.82, 2.24) is 10.6 Å². The third-order valence-corrected chi connectivity index (χ3v) is 8.29. The minimum atomic E-state index is -0.870. The molecule has 0 unspecified atom stereocenters. The Hall–Kier alpha value is -4.14. The second-order valence-electron chi connectivity index (χ2n) is 12.3. The maximum Gasteiger partial charge on any atom is 0.408 e. The second kappa shape index (κ2) is 21.6. The molecule has 0 spiro atoms. The van der Waals surface area contributed by atoms with E-state index in [2.05, 4.69) is 22.9 Å². The van der Waals surface area contributed by atoms with Gasteiger partial charge in [0.05, 0.1) is 0 Å². The van der Waals surface area contributed by atoms with Crippen LogP contribution >= 0.6 is 0 Å². The van der Waals surface area contributed by atoms with Gasteiger partial charge in [-0.15, -0.1) is 0 Å². The van der Waals surface area contributed by atoms with Gasteiger partial charge < -0.3 is 25.1 Å². The average Bonchev–Trinajstić information content (AvgIpc) is 3.05. The number of carbonyl (C=O) groups is 3. The fourth-order valence-corrected chi connectivity index (χ4v) is 5.55. The normalized spacial score (nSPS) is 11.6. The lowest BCUT2D eigenvalue weighted by Crippen LogP contribution is -2.44.